The van der Waals surface area contributed by atoms with Crippen LogP contribution >= 0.6 is 15.9 Å². The Morgan fingerprint density at radius 3 is 2.72 bits per heavy atom. The van der Waals surface area contributed by atoms with Crippen molar-refractivity contribution in [1.82, 2.24) is 0 Å². The Bertz CT molecular complexity index is 534. The molecule has 3 nitrogen and oxygen atoms in total. The highest BCUT2D eigenvalue weighted by molar-refractivity contribution is 9.10. The quantitative estimate of drug-likeness (QED) is 0.933. The van der Waals surface area contributed by atoms with Gasteiger partial charge >= 0.3 is 0 Å². The average molecular weight is 311 g/mol. The molecule has 0 aliphatic carbocycles. The molecule has 1 heterocycles. The topological polar surface area (TPSA) is 42.6 Å². The molecule has 4 heteroatoms. The molecule has 0 bridgehead atoms. The molecule has 0 spiro atoms. The van der Waals surface area contributed by atoms with Gasteiger partial charge in [0.05, 0.1) is 17.3 Å². The summed E-state index contributed by atoms with van der Waals surface area (Å²) in [6, 6.07) is 7.35. The van der Waals surface area contributed by atoms with Crippen molar-refractivity contribution in [2.45, 2.75) is 20.0 Å². The Morgan fingerprint density at radius 2 is 2.17 bits per heavy atom. The summed E-state index contributed by atoms with van der Waals surface area (Å²) >= 11 is 3.43. The normalized spacial score (nSPS) is 12.4. The molecule has 0 saturated heterocycles. The van der Waals surface area contributed by atoms with Crippen molar-refractivity contribution in [3.05, 3.63) is 51.9 Å². The van der Waals surface area contributed by atoms with E-state index in [1.807, 2.05) is 38.1 Å². The van der Waals surface area contributed by atoms with Gasteiger partial charge in [0, 0.05) is 0 Å². The van der Waals surface area contributed by atoms with Gasteiger partial charge in [-0.25, -0.2) is 0 Å². The first-order valence-electron chi connectivity index (χ1n) is 5.77. The van der Waals surface area contributed by atoms with Crippen molar-refractivity contribution in [1.29, 1.82) is 0 Å². The van der Waals surface area contributed by atoms with E-state index >= 15 is 0 Å². The maximum atomic E-state index is 10.3. The van der Waals surface area contributed by atoms with Gasteiger partial charge in [0.2, 0.25) is 0 Å². The second kappa shape index (κ2) is 5.59. The highest BCUT2D eigenvalue weighted by Crippen LogP contribution is 2.32. The van der Waals surface area contributed by atoms with Crippen LogP contribution in [0.3, 0.4) is 0 Å². The molecule has 0 amide bonds. The monoisotopic (exact) mass is 310 g/mol. The molecule has 2 aromatic rings. The summed E-state index contributed by atoms with van der Waals surface area (Å²) < 4.78 is 11.6. The third kappa shape index (κ3) is 2.60. The predicted octanol–water partition coefficient (Wildman–Crippen LogP) is 3.83. The second-order valence-corrected chi connectivity index (χ2v) is 4.85. The summed E-state index contributed by atoms with van der Waals surface area (Å²) in [6.45, 7) is 4.45. The second-order valence-electron chi connectivity index (χ2n) is 3.99. The number of aliphatic hydroxyl groups excluding tert-OH is 1. The lowest BCUT2D eigenvalue weighted by atomic mass is 10.1. The minimum Gasteiger partial charge on any atom is -0.493 e. The van der Waals surface area contributed by atoms with Gasteiger partial charge in [-0.15, -0.1) is 0 Å². The van der Waals surface area contributed by atoms with E-state index in [0.29, 0.717) is 12.4 Å². The first-order chi connectivity index (χ1) is 8.63. The summed E-state index contributed by atoms with van der Waals surface area (Å²) in [7, 11) is 0. The van der Waals surface area contributed by atoms with Gasteiger partial charge in [-0.1, -0.05) is 6.07 Å². The molecule has 18 heavy (non-hydrogen) atoms. The summed E-state index contributed by atoms with van der Waals surface area (Å²) in [5.74, 6) is 1.34. The molecule has 0 saturated carbocycles. The number of hydrogen-bond acceptors (Lipinski definition) is 3. The van der Waals surface area contributed by atoms with Crippen LogP contribution in [0.5, 0.6) is 5.75 Å². The molecule has 2 rings (SSSR count). The Balaban J connectivity index is 2.29. The van der Waals surface area contributed by atoms with E-state index < -0.39 is 6.10 Å². The Morgan fingerprint density at radius 1 is 1.39 bits per heavy atom. The van der Waals surface area contributed by atoms with Crippen LogP contribution in [0.15, 0.2) is 39.4 Å². The van der Waals surface area contributed by atoms with Crippen LogP contribution in [-0.4, -0.2) is 11.7 Å². The van der Waals surface area contributed by atoms with Gasteiger partial charge in [0.1, 0.15) is 17.6 Å². The van der Waals surface area contributed by atoms with Crippen LogP contribution in [0, 0.1) is 6.92 Å². The lowest BCUT2D eigenvalue weighted by Crippen LogP contribution is -2.01. The first-order valence-corrected chi connectivity index (χ1v) is 6.57. The number of halogens is 1. The third-order valence-corrected chi connectivity index (χ3v) is 3.34. The van der Waals surface area contributed by atoms with E-state index in [2.05, 4.69) is 15.9 Å². The van der Waals surface area contributed by atoms with Gasteiger partial charge in [0.25, 0.3) is 0 Å². The highest BCUT2D eigenvalue weighted by Gasteiger charge is 2.17. The van der Waals surface area contributed by atoms with Gasteiger partial charge in [-0.05, 0) is 59.1 Å². The van der Waals surface area contributed by atoms with Crippen molar-refractivity contribution in [3.8, 4) is 5.75 Å². The van der Waals surface area contributed by atoms with Crippen LogP contribution in [0.4, 0.5) is 0 Å². The van der Waals surface area contributed by atoms with E-state index in [4.69, 9.17) is 9.15 Å². The van der Waals surface area contributed by atoms with Crippen LogP contribution in [0.1, 0.15) is 29.9 Å². The number of furan rings is 1. The smallest absolute Gasteiger partial charge is 0.139 e. The third-order valence-electron chi connectivity index (χ3n) is 2.72. The largest absolute Gasteiger partial charge is 0.493 e. The number of hydrogen-bond donors (Lipinski definition) is 1. The first kappa shape index (κ1) is 13.2. The standard InChI is InChI=1S/C14H15BrO3/c1-3-17-12-5-4-10(8-11(12)15)13(16)14-9(2)6-7-18-14/h4-8,13,16H,3H2,1-2H3. The Kier molecular flexibility index (Phi) is 4.09. The number of ether oxygens (including phenoxy) is 1. The van der Waals surface area contributed by atoms with Crippen molar-refractivity contribution < 1.29 is 14.3 Å². The summed E-state index contributed by atoms with van der Waals surface area (Å²) in [6.07, 6.45) is 0.823. The fraction of sp³-hybridized carbons (Fsp3) is 0.286. The molecule has 1 aromatic heterocycles. The van der Waals surface area contributed by atoms with Gasteiger partial charge in [-0.3, -0.25) is 0 Å². The number of benzene rings is 1. The zero-order chi connectivity index (χ0) is 13.1. The van der Waals surface area contributed by atoms with Crippen molar-refractivity contribution >= 4 is 15.9 Å². The van der Waals surface area contributed by atoms with E-state index in [-0.39, 0.29) is 0 Å². The molecular weight excluding hydrogens is 296 g/mol. The molecule has 1 atom stereocenters. The maximum Gasteiger partial charge on any atom is 0.139 e. The fourth-order valence-corrected chi connectivity index (χ4v) is 2.29. The van der Waals surface area contributed by atoms with Crippen molar-refractivity contribution in [2.24, 2.45) is 0 Å². The lowest BCUT2D eigenvalue weighted by Gasteiger charge is -2.12. The summed E-state index contributed by atoms with van der Waals surface area (Å²) in [5.41, 5.74) is 1.70. The predicted molar refractivity (Wildman–Crippen MR) is 72.8 cm³/mol. The molecule has 0 aliphatic rings. The van der Waals surface area contributed by atoms with Crippen molar-refractivity contribution in [3.63, 3.8) is 0 Å². The zero-order valence-corrected chi connectivity index (χ0v) is 11.9. The van der Waals surface area contributed by atoms with E-state index in [9.17, 15) is 5.11 Å². The van der Waals surface area contributed by atoms with Gasteiger partial charge in [-0.2, -0.15) is 0 Å². The average Bonchev–Trinajstić information content (AvgIpc) is 2.77. The fourth-order valence-electron chi connectivity index (χ4n) is 1.78. The maximum absolute atomic E-state index is 10.3. The van der Waals surface area contributed by atoms with E-state index in [1.165, 1.54) is 0 Å². The summed E-state index contributed by atoms with van der Waals surface area (Å²) in [4.78, 5) is 0. The molecule has 1 N–H and O–H groups in total. The van der Waals surface area contributed by atoms with Crippen LogP contribution < -0.4 is 4.74 Å². The molecule has 0 fully saturated rings. The minimum atomic E-state index is -0.757. The summed E-state index contributed by atoms with van der Waals surface area (Å²) in [5, 5.41) is 10.3. The molecule has 1 aromatic carbocycles. The van der Waals surface area contributed by atoms with Crippen LogP contribution in [-0.2, 0) is 0 Å². The number of aliphatic hydroxyl groups is 1. The highest BCUT2D eigenvalue weighted by atomic mass is 79.9. The number of aryl methyl sites for hydroxylation is 1. The van der Waals surface area contributed by atoms with Crippen molar-refractivity contribution in [2.75, 3.05) is 6.61 Å². The minimum absolute atomic E-state index is 0.575. The Labute approximate surface area is 115 Å². The van der Waals surface area contributed by atoms with Gasteiger partial charge < -0.3 is 14.3 Å². The number of rotatable bonds is 4. The molecule has 0 aliphatic heterocycles. The van der Waals surface area contributed by atoms with Crippen LogP contribution in [0.2, 0.25) is 0 Å². The molecule has 96 valence electrons. The zero-order valence-electron chi connectivity index (χ0n) is 10.3. The molecule has 1 unspecified atom stereocenters. The Hall–Kier alpha value is -1.26. The lowest BCUT2D eigenvalue weighted by molar-refractivity contribution is 0.188. The van der Waals surface area contributed by atoms with E-state index in [0.717, 1.165) is 21.3 Å². The van der Waals surface area contributed by atoms with Crippen LogP contribution in [0.25, 0.3) is 0 Å². The van der Waals surface area contributed by atoms with E-state index in [1.54, 1.807) is 6.26 Å². The van der Waals surface area contributed by atoms with Gasteiger partial charge in [0.15, 0.2) is 0 Å². The molecule has 0 radical (unpaired) electrons. The SMILES string of the molecule is CCOc1ccc(C(O)c2occc2C)cc1Br. The molecular formula is C14H15BrO3.